The highest BCUT2D eigenvalue weighted by Gasteiger charge is 2.28. The quantitative estimate of drug-likeness (QED) is 0.186. The van der Waals surface area contributed by atoms with E-state index in [1.165, 1.54) is 18.7 Å². The lowest BCUT2D eigenvalue weighted by Crippen LogP contribution is -2.57. The number of carboxylic acid groups (broad SMARTS) is 1. The summed E-state index contributed by atoms with van der Waals surface area (Å²) < 4.78 is 0. The van der Waals surface area contributed by atoms with Gasteiger partial charge in [-0.05, 0) is 43.8 Å². The number of nitrogens with two attached hydrogens (primary N) is 1. The number of rotatable bonds is 14. The van der Waals surface area contributed by atoms with E-state index in [4.69, 9.17) is 10.8 Å². The maximum atomic E-state index is 12.2. The van der Waals surface area contributed by atoms with Crippen molar-refractivity contribution in [2.24, 2.45) is 5.73 Å². The maximum absolute atomic E-state index is 12.2. The van der Waals surface area contributed by atoms with E-state index in [1.807, 2.05) is 6.26 Å². The molecule has 0 bridgehead atoms. The summed E-state index contributed by atoms with van der Waals surface area (Å²) in [7, 11) is 0. The first-order valence-electron chi connectivity index (χ1n) is 8.66. The first-order valence-corrected chi connectivity index (χ1v) is 11.4. The van der Waals surface area contributed by atoms with Crippen LogP contribution in [0.3, 0.4) is 0 Å². The molecule has 0 aliphatic heterocycles. The molecule has 0 aliphatic carbocycles. The molecule has 0 rings (SSSR count). The minimum absolute atomic E-state index is 0.203. The number of thioether (sulfide) groups is 2. The third-order valence-electron chi connectivity index (χ3n) is 3.76. The van der Waals surface area contributed by atoms with Crippen molar-refractivity contribution in [2.45, 2.75) is 43.9 Å². The van der Waals surface area contributed by atoms with E-state index in [9.17, 15) is 24.3 Å². The van der Waals surface area contributed by atoms with Crippen molar-refractivity contribution in [1.29, 1.82) is 0 Å². The molecule has 0 aromatic rings. The summed E-state index contributed by atoms with van der Waals surface area (Å²) in [4.78, 5) is 47.6. The van der Waals surface area contributed by atoms with Gasteiger partial charge in [0, 0.05) is 0 Å². The number of aliphatic hydroxyl groups excluding tert-OH is 1. The van der Waals surface area contributed by atoms with Gasteiger partial charge in [0.15, 0.2) is 0 Å². The maximum Gasteiger partial charge on any atom is 0.326 e. The molecule has 0 fully saturated rings. The van der Waals surface area contributed by atoms with Gasteiger partial charge in [0.05, 0.1) is 12.6 Å². The van der Waals surface area contributed by atoms with Crippen LogP contribution in [0, 0.1) is 0 Å². The fourth-order valence-corrected chi connectivity index (χ4v) is 2.98. The van der Waals surface area contributed by atoms with Crippen molar-refractivity contribution in [3.63, 3.8) is 0 Å². The van der Waals surface area contributed by atoms with Gasteiger partial charge in [0.25, 0.3) is 0 Å². The number of hydrogen-bond acceptors (Lipinski definition) is 8. The van der Waals surface area contributed by atoms with Gasteiger partial charge in [-0.2, -0.15) is 23.5 Å². The first-order chi connectivity index (χ1) is 13.2. The molecule has 0 aliphatic rings. The number of nitrogens with one attached hydrogen (secondary N) is 3. The van der Waals surface area contributed by atoms with Crippen LogP contribution in [-0.4, -0.2) is 88.7 Å². The van der Waals surface area contributed by atoms with Crippen LogP contribution in [0.4, 0.5) is 0 Å². The van der Waals surface area contributed by atoms with Gasteiger partial charge in [-0.1, -0.05) is 0 Å². The smallest absolute Gasteiger partial charge is 0.326 e. The average molecular weight is 439 g/mol. The van der Waals surface area contributed by atoms with Gasteiger partial charge in [0.2, 0.25) is 17.7 Å². The molecule has 28 heavy (non-hydrogen) atoms. The Morgan fingerprint density at radius 3 is 1.93 bits per heavy atom. The zero-order valence-corrected chi connectivity index (χ0v) is 17.9. The predicted octanol–water partition coefficient (Wildman–Crippen LogP) is -1.63. The van der Waals surface area contributed by atoms with Crippen LogP contribution in [0.2, 0.25) is 0 Å². The topological polar surface area (TPSA) is 171 Å². The Labute approximate surface area is 173 Å². The molecule has 0 aromatic heterocycles. The highest BCUT2D eigenvalue weighted by atomic mass is 32.2. The van der Waals surface area contributed by atoms with Gasteiger partial charge in [0.1, 0.15) is 18.1 Å². The minimum atomic E-state index is -1.34. The average Bonchev–Trinajstić information content (AvgIpc) is 2.66. The molecular formula is C16H30N4O6S2. The predicted molar refractivity (Wildman–Crippen MR) is 110 cm³/mol. The third kappa shape index (κ3) is 10.2. The molecule has 10 nitrogen and oxygen atoms in total. The lowest BCUT2D eigenvalue weighted by Gasteiger charge is -2.22. The summed E-state index contributed by atoms with van der Waals surface area (Å²) >= 11 is 2.97. The normalized spacial score (nSPS) is 15.0. The zero-order valence-electron chi connectivity index (χ0n) is 16.3. The molecular weight excluding hydrogens is 408 g/mol. The van der Waals surface area contributed by atoms with E-state index < -0.39 is 54.5 Å². The number of hydrogen-bond donors (Lipinski definition) is 6. The largest absolute Gasteiger partial charge is 0.480 e. The van der Waals surface area contributed by atoms with E-state index in [0.717, 1.165) is 0 Å². The van der Waals surface area contributed by atoms with Gasteiger partial charge in [-0.25, -0.2) is 4.79 Å². The van der Waals surface area contributed by atoms with Gasteiger partial charge >= 0.3 is 5.97 Å². The van der Waals surface area contributed by atoms with Gasteiger partial charge in [-0.15, -0.1) is 0 Å². The Morgan fingerprint density at radius 2 is 1.43 bits per heavy atom. The molecule has 4 unspecified atom stereocenters. The van der Waals surface area contributed by atoms with Gasteiger partial charge < -0.3 is 31.9 Å². The zero-order chi connectivity index (χ0) is 21.7. The molecule has 0 saturated carbocycles. The van der Waals surface area contributed by atoms with Crippen molar-refractivity contribution in [2.75, 3.05) is 30.6 Å². The fraction of sp³-hybridized carbons (Fsp3) is 0.750. The van der Waals surface area contributed by atoms with E-state index in [0.29, 0.717) is 17.9 Å². The highest BCUT2D eigenvalue weighted by Crippen LogP contribution is 2.02. The Hall–Kier alpha value is -1.50. The molecule has 7 N–H and O–H groups in total. The van der Waals surface area contributed by atoms with Crippen LogP contribution in [0.15, 0.2) is 0 Å². The number of aliphatic hydroxyl groups is 1. The summed E-state index contributed by atoms with van der Waals surface area (Å²) in [5, 5.41) is 25.6. The highest BCUT2D eigenvalue weighted by molar-refractivity contribution is 7.98. The molecule has 0 radical (unpaired) electrons. The SMILES string of the molecule is CSCCC(N)C(=O)NC(C)C(=O)NC(CO)C(=O)NC(CCSC)C(=O)O. The summed E-state index contributed by atoms with van der Waals surface area (Å²) in [6, 6.07) is -4.21. The number of amides is 3. The van der Waals surface area contributed by atoms with E-state index >= 15 is 0 Å². The minimum Gasteiger partial charge on any atom is -0.480 e. The van der Waals surface area contributed by atoms with E-state index in [1.54, 1.807) is 18.0 Å². The second-order valence-corrected chi connectivity index (χ2v) is 8.01. The molecule has 12 heteroatoms. The Morgan fingerprint density at radius 1 is 0.893 bits per heavy atom. The van der Waals surface area contributed by atoms with Crippen LogP contribution in [0.5, 0.6) is 0 Å². The molecule has 4 atom stereocenters. The van der Waals surface area contributed by atoms with Crippen LogP contribution in [0.1, 0.15) is 19.8 Å². The monoisotopic (exact) mass is 438 g/mol. The molecule has 0 saturated heterocycles. The Bertz CT molecular complexity index is 537. The van der Waals surface area contributed by atoms with Crippen molar-refractivity contribution < 1.29 is 29.4 Å². The second-order valence-electron chi connectivity index (χ2n) is 6.04. The number of carbonyl (C=O) groups excluding carboxylic acids is 3. The summed E-state index contributed by atoms with van der Waals surface area (Å²) in [6.07, 6.45) is 4.35. The first kappa shape index (κ1) is 26.5. The van der Waals surface area contributed by atoms with Crippen LogP contribution < -0.4 is 21.7 Å². The molecule has 0 heterocycles. The van der Waals surface area contributed by atoms with Crippen molar-refractivity contribution in [3.05, 3.63) is 0 Å². The van der Waals surface area contributed by atoms with Crippen molar-refractivity contribution in [1.82, 2.24) is 16.0 Å². The summed E-state index contributed by atoms with van der Waals surface area (Å²) in [5.74, 6) is -2.00. The fourth-order valence-electron chi connectivity index (χ4n) is 2.02. The van der Waals surface area contributed by atoms with Crippen LogP contribution in [0.25, 0.3) is 0 Å². The lowest BCUT2D eigenvalue weighted by molar-refractivity contribution is -0.142. The van der Waals surface area contributed by atoms with Crippen molar-refractivity contribution >= 4 is 47.2 Å². The lowest BCUT2D eigenvalue weighted by atomic mass is 10.1. The molecule has 0 spiro atoms. The summed E-state index contributed by atoms with van der Waals surface area (Å²) in [5.41, 5.74) is 5.73. The number of carboxylic acids is 1. The standard InChI is InChI=1S/C16H30N4O6S2/c1-9(18-14(23)10(17)4-6-27-2)13(22)20-12(8-21)15(24)19-11(16(25)26)5-7-28-3/h9-12,21H,4-8,17H2,1-3H3,(H,18,23)(H,19,24)(H,20,22)(H,25,26). The van der Waals surface area contributed by atoms with Crippen LogP contribution in [-0.2, 0) is 19.2 Å². The van der Waals surface area contributed by atoms with E-state index in [-0.39, 0.29) is 6.42 Å². The second kappa shape index (κ2) is 14.5. The molecule has 162 valence electrons. The van der Waals surface area contributed by atoms with Crippen molar-refractivity contribution in [3.8, 4) is 0 Å². The van der Waals surface area contributed by atoms with E-state index in [2.05, 4.69) is 16.0 Å². The van der Waals surface area contributed by atoms with Gasteiger partial charge in [-0.3, -0.25) is 14.4 Å². The summed E-state index contributed by atoms with van der Waals surface area (Å²) in [6.45, 7) is 0.694. The Kier molecular flexibility index (Phi) is 13.7. The molecule has 3 amide bonds. The number of carbonyl (C=O) groups is 4. The Balaban J connectivity index is 4.72. The third-order valence-corrected chi connectivity index (χ3v) is 5.05. The van der Waals surface area contributed by atoms with Crippen LogP contribution >= 0.6 is 23.5 Å². The number of aliphatic carboxylic acids is 1. The molecule has 0 aromatic carbocycles.